The Balaban J connectivity index is 3.46. The Hall–Kier alpha value is -0.480. The molecule has 0 aromatic heterocycles. The van der Waals surface area contributed by atoms with Gasteiger partial charge >= 0.3 is 0 Å². The molecule has 0 aliphatic heterocycles. The van der Waals surface area contributed by atoms with Crippen molar-refractivity contribution in [1.29, 1.82) is 0 Å². The van der Waals surface area contributed by atoms with Crippen LogP contribution in [0, 0.1) is 17.8 Å². The lowest BCUT2D eigenvalue weighted by atomic mass is 10.0. The molecular formula is C9H16O. The first kappa shape index (κ1) is 9.52. The fourth-order valence-corrected chi connectivity index (χ4v) is 0.864. The zero-order valence-corrected chi connectivity index (χ0v) is 6.85. The van der Waals surface area contributed by atoms with Crippen molar-refractivity contribution >= 4 is 0 Å². The zero-order chi connectivity index (χ0) is 7.82. The standard InChI is InChI=1S/C9H16O/c1-3-5-7-9(8-10)6-4-2/h9-10H,3,5,7-8H2,1-2H3. The Morgan fingerprint density at radius 2 is 2.20 bits per heavy atom. The van der Waals surface area contributed by atoms with Crippen LogP contribution in [0.15, 0.2) is 0 Å². The molecule has 1 unspecified atom stereocenters. The molecule has 0 aromatic rings. The Labute approximate surface area is 63.5 Å². The first-order valence-electron chi connectivity index (χ1n) is 3.88. The number of aliphatic hydroxyl groups is 1. The van der Waals surface area contributed by atoms with E-state index in [9.17, 15) is 0 Å². The van der Waals surface area contributed by atoms with E-state index in [-0.39, 0.29) is 12.5 Å². The Morgan fingerprint density at radius 1 is 1.50 bits per heavy atom. The van der Waals surface area contributed by atoms with Crippen LogP contribution in [0.5, 0.6) is 0 Å². The van der Waals surface area contributed by atoms with Crippen LogP contribution >= 0.6 is 0 Å². The van der Waals surface area contributed by atoms with Crippen molar-refractivity contribution in [3.8, 4) is 11.8 Å². The highest BCUT2D eigenvalue weighted by Crippen LogP contribution is 2.05. The Morgan fingerprint density at radius 3 is 2.60 bits per heavy atom. The monoisotopic (exact) mass is 140 g/mol. The molecule has 1 heteroatoms. The molecule has 0 radical (unpaired) electrons. The highest BCUT2D eigenvalue weighted by Gasteiger charge is 2.00. The number of rotatable bonds is 4. The molecule has 0 spiro atoms. The number of aliphatic hydroxyl groups excluding tert-OH is 1. The van der Waals surface area contributed by atoms with Crippen molar-refractivity contribution < 1.29 is 5.11 Å². The SMILES string of the molecule is CC#CC(CO)CCCC. The molecule has 0 heterocycles. The van der Waals surface area contributed by atoms with Crippen LogP contribution in [0.3, 0.4) is 0 Å². The van der Waals surface area contributed by atoms with Gasteiger partial charge in [0.25, 0.3) is 0 Å². The van der Waals surface area contributed by atoms with Gasteiger partial charge in [0.05, 0.1) is 6.61 Å². The maximum absolute atomic E-state index is 8.78. The van der Waals surface area contributed by atoms with Gasteiger partial charge in [-0.15, -0.1) is 5.92 Å². The van der Waals surface area contributed by atoms with Crippen molar-refractivity contribution in [1.82, 2.24) is 0 Å². The second-order valence-electron chi connectivity index (χ2n) is 2.42. The van der Waals surface area contributed by atoms with Crippen molar-refractivity contribution in [3.05, 3.63) is 0 Å². The van der Waals surface area contributed by atoms with Crippen molar-refractivity contribution in [2.75, 3.05) is 6.61 Å². The molecular weight excluding hydrogens is 124 g/mol. The summed E-state index contributed by atoms with van der Waals surface area (Å²) in [6, 6.07) is 0. The minimum atomic E-state index is 0.209. The van der Waals surface area contributed by atoms with Crippen LogP contribution < -0.4 is 0 Å². The molecule has 58 valence electrons. The van der Waals surface area contributed by atoms with E-state index in [2.05, 4.69) is 18.8 Å². The van der Waals surface area contributed by atoms with Gasteiger partial charge in [-0.2, -0.15) is 0 Å². The molecule has 0 fully saturated rings. The Kier molecular flexibility index (Phi) is 6.32. The van der Waals surface area contributed by atoms with E-state index in [1.54, 1.807) is 0 Å². The summed E-state index contributed by atoms with van der Waals surface area (Å²) in [7, 11) is 0. The molecule has 1 nitrogen and oxygen atoms in total. The molecule has 0 bridgehead atoms. The largest absolute Gasteiger partial charge is 0.395 e. The molecule has 1 atom stereocenters. The maximum Gasteiger partial charge on any atom is 0.0568 e. The van der Waals surface area contributed by atoms with E-state index >= 15 is 0 Å². The van der Waals surface area contributed by atoms with Crippen LogP contribution in [0.25, 0.3) is 0 Å². The minimum Gasteiger partial charge on any atom is -0.395 e. The fraction of sp³-hybridized carbons (Fsp3) is 0.778. The molecule has 0 amide bonds. The van der Waals surface area contributed by atoms with Crippen LogP contribution in [0.1, 0.15) is 33.1 Å². The lowest BCUT2D eigenvalue weighted by Crippen LogP contribution is -2.02. The van der Waals surface area contributed by atoms with Gasteiger partial charge in [0, 0.05) is 5.92 Å². The number of unbranched alkanes of at least 4 members (excludes halogenated alkanes) is 1. The summed E-state index contributed by atoms with van der Waals surface area (Å²) in [6.45, 7) is 4.17. The van der Waals surface area contributed by atoms with Crippen molar-refractivity contribution in [3.63, 3.8) is 0 Å². The zero-order valence-electron chi connectivity index (χ0n) is 6.85. The Bertz CT molecular complexity index is 118. The average Bonchev–Trinajstić information content (AvgIpc) is 1.98. The molecule has 0 saturated heterocycles. The predicted molar refractivity (Wildman–Crippen MR) is 43.6 cm³/mol. The van der Waals surface area contributed by atoms with Gasteiger partial charge in [-0.1, -0.05) is 25.7 Å². The molecule has 1 N–H and O–H groups in total. The van der Waals surface area contributed by atoms with Gasteiger partial charge in [0.15, 0.2) is 0 Å². The fourth-order valence-electron chi connectivity index (χ4n) is 0.864. The van der Waals surface area contributed by atoms with E-state index in [1.165, 1.54) is 12.8 Å². The maximum atomic E-state index is 8.78. The summed E-state index contributed by atoms with van der Waals surface area (Å²) in [6.07, 6.45) is 3.38. The van der Waals surface area contributed by atoms with E-state index in [0.717, 1.165) is 6.42 Å². The van der Waals surface area contributed by atoms with Gasteiger partial charge in [0.1, 0.15) is 0 Å². The highest BCUT2D eigenvalue weighted by atomic mass is 16.3. The minimum absolute atomic E-state index is 0.209. The summed E-state index contributed by atoms with van der Waals surface area (Å²) in [4.78, 5) is 0. The van der Waals surface area contributed by atoms with Gasteiger partial charge in [0.2, 0.25) is 0 Å². The smallest absolute Gasteiger partial charge is 0.0568 e. The predicted octanol–water partition coefficient (Wildman–Crippen LogP) is 1.81. The second kappa shape index (κ2) is 6.64. The normalized spacial score (nSPS) is 11.9. The third-order valence-corrected chi connectivity index (χ3v) is 1.47. The first-order valence-corrected chi connectivity index (χ1v) is 3.88. The topological polar surface area (TPSA) is 20.2 Å². The second-order valence-corrected chi connectivity index (χ2v) is 2.42. The number of hydrogen-bond donors (Lipinski definition) is 1. The molecule has 10 heavy (non-hydrogen) atoms. The summed E-state index contributed by atoms with van der Waals surface area (Å²) >= 11 is 0. The summed E-state index contributed by atoms with van der Waals surface area (Å²) in [5.41, 5.74) is 0. The van der Waals surface area contributed by atoms with Crippen molar-refractivity contribution in [2.45, 2.75) is 33.1 Å². The molecule has 0 saturated carbocycles. The van der Waals surface area contributed by atoms with Crippen LogP contribution in [0.2, 0.25) is 0 Å². The summed E-state index contributed by atoms with van der Waals surface area (Å²) in [5, 5.41) is 8.78. The van der Waals surface area contributed by atoms with Crippen LogP contribution in [-0.4, -0.2) is 11.7 Å². The quantitative estimate of drug-likeness (QED) is 0.590. The third kappa shape index (κ3) is 4.40. The van der Waals surface area contributed by atoms with Crippen LogP contribution in [-0.2, 0) is 0 Å². The summed E-state index contributed by atoms with van der Waals surface area (Å²) < 4.78 is 0. The highest BCUT2D eigenvalue weighted by molar-refractivity contribution is 5.00. The molecule has 0 aliphatic rings. The molecule has 0 aromatic carbocycles. The first-order chi connectivity index (χ1) is 4.85. The summed E-state index contributed by atoms with van der Waals surface area (Å²) in [5.74, 6) is 6.00. The lowest BCUT2D eigenvalue weighted by molar-refractivity contribution is 0.249. The average molecular weight is 140 g/mol. The van der Waals surface area contributed by atoms with E-state index in [0.29, 0.717) is 0 Å². The van der Waals surface area contributed by atoms with Crippen LogP contribution in [0.4, 0.5) is 0 Å². The number of hydrogen-bond acceptors (Lipinski definition) is 1. The van der Waals surface area contributed by atoms with E-state index in [1.807, 2.05) is 6.92 Å². The lowest BCUT2D eigenvalue weighted by Gasteiger charge is -2.03. The van der Waals surface area contributed by atoms with E-state index in [4.69, 9.17) is 5.11 Å². The third-order valence-electron chi connectivity index (χ3n) is 1.47. The van der Waals surface area contributed by atoms with Gasteiger partial charge < -0.3 is 5.11 Å². The van der Waals surface area contributed by atoms with Gasteiger partial charge in [-0.3, -0.25) is 0 Å². The molecule has 0 rings (SSSR count). The van der Waals surface area contributed by atoms with Gasteiger partial charge in [-0.05, 0) is 13.3 Å². The van der Waals surface area contributed by atoms with Crippen molar-refractivity contribution in [2.24, 2.45) is 5.92 Å². The molecule has 0 aliphatic carbocycles. The van der Waals surface area contributed by atoms with Gasteiger partial charge in [-0.25, -0.2) is 0 Å². The van der Waals surface area contributed by atoms with E-state index < -0.39 is 0 Å².